The molecule has 0 spiro atoms. The molecule has 3 aromatic rings. The molecule has 9 nitrogen and oxygen atoms in total. The number of carbonyl (C=O) groups is 4. The van der Waals surface area contributed by atoms with Gasteiger partial charge in [0, 0.05) is 31.5 Å². The van der Waals surface area contributed by atoms with Crippen molar-refractivity contribution in [2.24, 2.45) is 0 Å². The quantitative estimate of drug-likeness (QED) is 0.197. The van der Waals surface area contributed by atoms with Crippen molar-refractivity contribution >= 4 is 87.5 Å². The highest BCUT2D eigenvalue weighted by Gasteiger charge is 2.38. The second-order valence-electron chi connectivity index (χ2n) is 8.38. The molecular formula is C27H19Cl4N3O6. The maximum atomic E-state index is 13.4. The number of anilines is 2. The van der Waals surface area contributed by atoms with Gasteiger partial charge in [-0.3, -0.25) is 19.3 Å². The van der Waals surface area contributed by atoms with Crippen molar-refractivity contribution in [2.45, 2.75) is 13.5 Å². The Morgan fingerprint density at radius 2 is 1.52 bits per heavy atom. The van der Waals surface area contributed by atoms with Gasteiger partial charge in [-0.15, -0.1) is 0 Å². The number of amides is 3. The summed E-state index contributed by atoms with van der Waals surface area (Å²) < 4.78 is 10.6. The van der Waals surface area contributed by atoms with Crippen LogP contribution < -0.4 is 15.5 Å². The van der Waals surface area contributed by atoms with Crippen LogP contribution in [0.4, 0.5) is 11.4 Å². The zero-order chi connectivity index (χ0) is 29.1. The fraction of sp³-hybridized carbons (Fsp3) is 0.111. The molecule has 0 unspecified atom stereocenters. The van der Waals surface area contributed by atoms with E-state index in [0.29, 0.717) is 31.5 Å². The molecule has 0 atom stereocenters. The first-order valence-corrected chi connectivity index (χ1v) is 12.9. The van der Waals surface area contributed by atoms with Crippen LogP contribution in [0.25, 0.3) is 6.08 Å². The average Bonchev–Trinajstić information content (AvgIpc) is 3.42. The third-order valence-electron chi connectivity index (χ3n) is 5.61. The summed E-state index contributed by atoms with van der Waals surface area (Å²) in [5.41, 5.74) is 0.987. The van der Waals surface area contributed by atoms with Crippen molar-refractivity contribution in [1.82, 2.24) is 5.32 Å². The Morgan fingerprint density at radius 3 is 2.12 bits per heavy atom. The zero-order valence-corrected chi connectivity index (χ0v) is 23.8. The van der Waals surface area contributed by atoms with Crippen LogP contribution in [0, 0.1) is 0 Å². The molecule has 2 N–H and O–H groups in total. The van der Waals surface area contributed by atoms with Gasteiger partial charge in [0.25, 0.3) is 5.91 Å². The molecule has 0 aliphatic carbocycles. The number of hydrogen-bond acceptors (Lipinski definition) is 6. The van der Waals surface area contributed by atoms with E-state index in [-0.39, 0.29) is 34.9 Å². The molecule has 3 amide bonds. The van der Waals surface area contributed by atoms with E-state index in [1.165, 1.54) is 54.5 Å². The molecule has 1 aromatic heterocycles. The van der Waals surface area contributed by atoms with Gasteiger partial charge in [0.15, 0.2) is 0 Å². The molecule has 206 valence electrons. The Hall–Kier alpha value is -3.76. The minimum atomic E-state index is -0.937. The van der Waals surface area contributed by atoms with E-state index in [9.17, 15) is 19.2 Å². The molecule has 2 aromatic carbocycles. The number of furan rings is 1. The number of allylic oxidation sites excluding steroid dienone is 1. The van der Waals surface area contributed by atoms with Crippen LogP contribution in [0.3, 0.4) is 0 Å². The highest BCUT2D eigenvalue weighted by Crippen LogP contribution is 2.37. The number of hydrogen-bond donors (Lipinski definition) is 2. The highest BCUT2D eigenvalue weighted by molar-refractivity contribution is 6.40. The number of rotatable bonds is 6. The zero-order valence-electron chi connectivity index (χ0n) is 20.8. The normalized spacial score (nSPS) is 14.1. The number of esters is 1. The number of benzene rings is 2. The lowest BCUT2D eigenvalue weighted by Gasteiger charge is -2.18. The summed E-state index contributed by atoms with van der Waals surface area (Å²) in [4.78, 5) is 51.8. The van der Waals surface area contributed by atoms with Gasteiger partial charge in [-0.05, 0) is 61.5 Å². The van der Waals surface area contributed by atoms with Crippen molar-refractivity contribution in [1.29, 1.82) is 0 Å². The molecule has 2 heterocycles. The molecule has 0 saturated carbocycles. The fourth-order valence-corrected chi connectivity index (χ4v) is 4.97. The van der Waals surface area contributed by atoms with Crippen LogP contribution in [0.2, 0.25) is 20.1 Å². The van der Waals surface area contributed by atoms with Crippen LogP contribution in [-0.4, -0.2) is 30.8 Å². The minimum absolute atomic E-state index is 0.0185. The molecule has 1 aliphatic rings. The van der Waals surface area contributed by atoms with Crippen molar-refractivity contribution in [2.75, 3.05) is 17.3 Å². The number of halogens is 4. The molecule has 1 aliphatic heterocycles. The molecule has 4 rings (SSSR count). The summed E-state index contributed by atoms with van der Waals surface area (Å²) in [6, 6.07) is 12.0. The van der Waals surface area contributed by atoms with Crippen molar-refractivity contribution < 1.29 is 28.3 Å². The summed E-state index contributed by atoms with van der Waals surface area (Å²) >= 11 is 24.0. The SMILES string of the molecule is COC(=O)C1=C(C)N(c2cc(Cl)cc(Cl)c2)C(=O)/C1=C/c1ccc(CNC(=O)C(=O)Nc2cc(Cl)cc(Cl)c2)o1. The van der Waals surface area contributed by atoms with Crippen molar-refractivity contribution in [3.63, 3.8) is 0 Å². The summed E-state index contributed by atoms with van der Waals surface area (Å²) in [6.45, 7) is 1.46. The minimum Gasteiger partial charge on any atom is -0.465 e. The van der Waals surface area contributed by atoms with Gasteiger partial charge in [-0.1, -0.05) is 46.4 Å². The first kappa shape index (κ1) is 29.2. The van der Waals surface area contributed by atoms with E-state index < -0.39 is 23.7 Å². The van der Waals surface area contributed by atoms with E-state index >= 15 is 0 Å². The van der Waals surface area contributed by atoms with Crippen molar-refractivity contribution in [3.05, 3.63) is 97.0 Å². The Bertz CT molecular complexity index is 1570. The largest absolute Gasteiger partial charge is 0.465 e. The molecule has 0 radical (unpaired) electrons. The van der Waals surface area contributed by atoms with Crippen LogP contribution in [0.15, 0.2) is 69.8 Å². The fourth-order valence-electron chi connectivity index (χ4n) is 3.93. The molecule has 0 bridgehead atoms. The third-order valence-corrected chi connectivity index (χ3v) is 6.49. The van der Waals surface area contributed by atoms with E-state index in [2.05, 4.69) is 10.6 Å². The molecular weight excluding hydrogens is 604 g/mol. The maximum absolute atomic E-state index is 13.4. The van der Waals surface area contributed by atoms with Gasteiger partial charge < -0.3 is 19.8 Å². The van der Waals surface area contributed by atoms with E-state index in [4.69, 9.17) is 55.6 Å². The van der Waals surface area contributed by atoms with E-state index in [1.807, 2.05) is 0 Å². The molecule has 0 saturated heterocycles. The number of nitrogens with zero attached hydrogens (tertiary/aromatic N) is 1. The van der Waals surface area contributed by atoms with E-state index in [0.717, 1.165) is 0 Å². The first-order chi connectivity index (χ1) is 19.0. The third kappa shape index (κ3) is 6.51. The Morgan fingerprint density at radius 1 is 0.925 bits per heavy atom. The van der Waals surface area contributed by atoms with Gasteiger partial charge in [0.05, 0.1) is 30.5 Å². The van der Waals surface area contributed by atoms with Crippen LogP contribution >= 0.6 is 46.4 Å². The Labute approximate surface area is 248 Å². The summed E-state index contributed by atoms with van der Waals surface area (Å²) in [6.07, 6.45) is 1.38. The van der Waals surface area contributed by atoms with Crippen molar-refractivity contribution in [3.8, 4) is 0 Å². The predicted molar refractivity (Wildman–Crippen MR) is 152 cm³/mol. The summed E-state index contributed by atoms with van der Waals surface area (Å²) in [5.74, 6) is -2.62. The second kappa shape index (κ2) is 12.2. The average molecular weight is 623 g/mol. The van der Waals surface area contributed by atoms with Gasteiger partial charge >= 0.3 is 17.8 Å². The molecule has 13 heteroatoms. The first-order valence-electron chi connectivity index (χ1n) is 11.4. The van der Waals surface area contributed by atoms with Gasteiger partial charge in [-0.25, -0.2) is 4.79 Å². The predicted octanol–water partition coefficient (Wildman–Crippen LogP) is 6.03. The summed E-state index contributed by atoms with van der Waals surface area (Å²) in [5, 5.41) is 6.03. The smallest absolute Gasteiger partial charge is 0.340 e. The van der Waals surface area contributed by atoms with Crippen LogP contribution in [-0.2, 0) is 30.5 Å². The lowest BCUT2D eigenvalue weighted by molar-refractivity contribution is -0.136. The topological polar surface area (TPSA) is 118 Å². The number of carbonyl (C=O) groups excluding carboxylic acids is 4. The lowest BCUT2D eigenvalue weighted by Crippen LogP contribution is -2.34. The number of methoxy groups -OCH3 is 1. The molecule has 0 fully saturated rings. The van der Waals surface area contributed by atoms with Crippen LogP contribution in [0.1, 0.15) is 18.4 Å². The summed E-state index contributed by atoms with van der Waals surface area (Å²) in [7, 11) is 1.20. The van der Waals surface area contributed by atoms with Gasteiger partial charge in [-0.2, -0.15) is 0 Å². The number of nitrogens with one attached hydrogen (secondary N) is 2. The van der Waals surface area contributed by atoms with Gasteiger partial charge in [0.2, 0.25) is 0 Å². The van der Waals surface area contributed by atoms with Gasteiger partial charge in [0.1, 0.15) is 11.5 Å². The maximum Gasteiger partial charge on any atom is 0.340 e. The van der Waals surface area contributed by atoms with Crippen LogP contribution in [0.5, 0.6) is 0 Å². The number of ether oxygens (including phenoxy) is 1. The monoisotopic (exact) mass is 621 g/mol. The Kier molecular flexibility index (Phi) is 8.90. The second-order valence-corrected chi connectivity index (χ2v) is 10.1. The standard InChI is InChI=1S/C27H19Cl4N3O6/c1-13-23(27(38)39-2)22(26(37)34(13)19-9-16(30)6-17(31)10-19)11-20-3-4-21(40-20)12-32-24(35)25(36)33-18-7-14(28)5-15(29)8-18/h3-11H,12H2,1-2H3,(H,32,35)(H,33,36)/b22-11+. The van der Waals surface area contributed by atoms with E-state index in [1.54, 1.807) is 19.1 Å². The molecule has 40 heavy (non-hydrogen) atoms. The highest BCUT2D eigenvalue weighted by atomic mass is 35.5. The lowest BCUT2D eigenvalue weighted by atomic mass is 10.1. The Balaban J connectivity index is 1.50.